The monoisotopic (exact) mass is 445 g/mol. The number of rotatable bonds is 5. The minimum Gasteiger partial charge on any atom is -0.307 e. The van der Waals surface area contributed by atoms with Crippen LogP contribution in [0.3, 0.4) is 0 Å². The van der Waals surface area contributed by atoms with Gasteiger partial charge in [-0.05, 0) is 31.0 Å². The molecule has 1 aliphatic carbocycles. The van der Waals surface area contributed by atoms with Gasteiger partial charge in [0.15, 0.2) is 0 Å². The summed E-state index contributed by atoms with van der Waals surface area (Å²) >= 11 is 6.20. The van der Waals surface area contributed by atoms with E-state index in [9.17, 15) is 13.2 Å². The smallest absolute Gasteiger partial charge is 0.281 e. The molecule has 9 heteroatoms. The molecule has 0 amide bonds. The van der Waals surface area contributed by atoms with Gasteiger partial charge in [0.1, 0.15) is 17.0 Å². The molecule has 0 aromatic carbocycles. The van der Waals surface area contributed by atoms with Crippen molar-refractivity contribution in [3.05, 3.63) is 59.9 Å². The molecule has 4 aromatic rings. The average Bonchev–Trinajstić information content (AvgIpc) is 3.47. The summed E-state index contributed by atoms with van der Waals surface area (Å²) in [6.07, 6.45) is 8.22. The Kier molecular flexibility index (Phi) is 4.97. The molecule has 0 saturated heterocycles. The third-order valence-corrected chi connectivity index (χ3v) is 5.93. The lowest BCUT2D eigenvalue weighted by Gasteiger charge is -2.18. The Morgan fingerprint density at radius 2 is 1.90 bits per heavy atom. The lowest BCUT2D eigenvalue weighted by atomic mass is 10.0. The molecule has 1 aliphatic rings. The van der Waals surface area contributed by atoms with E-state index in [-0.39, 0.29) is 12.2 Å². The predicted octanol–water partition coefficient (Wildman–Crippen LogP) is 6.13. The van der Waals surface area contributed by atoms with E-state index in [1.807, 2.05) is 0 Å². The van der Waals surface area contributed by atoms with Crippen LogP contribution in [-0.2, 0) is 6.54 Å². The molecule has 1 fully saturated rings. The van der Waals surface area contributed by atoms with Gasteiger partial charge in [-0.2, -0.15) is 5.10 Å². The lowest BCUT2D eigenvalue weighted by molar-refractivity contribution is 0.139. The molecule has 0 radical (unpaired) electrons. The van der Waals surface area contributed by atoms with E-state index in [2.05, 4.69) is 15.1 Å². The summed E-state index contributed by atoms with van der Waals surface area (Å²) in [5.74, 6) is 0. The first kappa shape index (κ1) is 20.1. The fourth-order valence-electron chi connectivity index (χ4n) is 4.19. The molecule has 4 heterocycles. The van der Waals surface area contributed by atoms with E-state index in [0.717, 1.165) is 24.0 Å². The van der Waals surface area contributed by atoms with Crippen LogP contribution in [0, 0.1) is 0 Å². The molecule has 1 saturated carbocycles. The molecular weight excluding hydrogens is 427 g/mol. The van der Waals surface area contributed by atoms with Crippen molar-refractivity contribution in [2.24, 2.45) is 0 Å². The molecule has 0 aliphatic heterocycles. The molecular formula is C22H19ClF3N5. The Morgan fingerprint density at radius 3 is 2.68 bits per heavy atom. The zero-order valence-electron chi connectivity index (χ0n) is 16.5. The Hall–Kier alpha value is -2.87. The molecule has 0 unspecified atom stereocenters. The topological polar surface area (TPSA) is 48.0 Å². The molecule has 0 N–H and O–H groups in total. The second kappa shape index (κ2) is 7.67. The molecule has 160 valence electrons. The maximum Gasteiger partial charge on any atom is 0.281 e. The van der Waals surface area contributed by atoms with Crippen LogP contribution in [0.4, 0.5) is 13.2 Å². The summed E-state index contributed by atoms with van der Waals surface area (Å²) in [5, 5.41) is 4.79. The number of hydrogen-bond donors (Lipinski definition) is 0. The van der Waals surface area contributed by atoms with Gasteiger partial charge >= 0.3 is 0 Å². The van der Waals surface area contributed by atoms with Crippen molar-refractivity contribution >= 4 is 17.2 Å². The van der Waals surface area contributed by atoms with Crippen LogP contribution >= 0.6 is 11.6 Å². The second-order valence-corrected chi connectivity index (χ2v) is 8.42. The minimum atomic E-state index is -2.64. The SMILES string of the molecule is FC(F)c1cn2ccc(-c3ncc(Cl)cc3-c3cnn(CC4(F)CCCC4)c3)cc2n1. The zero-order chi connectivity index (χ0) is 21.6. The van der Waals surface area contributed by atoms with Gasteiger partial charge in [-0.3, -0.25) is 9.67 Å². The van der Waals surface area contributed by atoms with Gasteiger partial charge in [0, 0.05) is 41.5 Å². The van der Waals surface area contributed by atoms with Gasteiger partial charge < -0.3 is 4.40 Å². The molecule has 5 nitrogen and oxygen atoms in total. The Labute approximate surface area is 181 Å². The summed E-state index contributed by atoms with van der Waals surface area (Å²) in [6, 6.07) is 5.25. The van der Waals surface area contributed by atoms with Crippen LogP contribution in [0.25, 0.3) is 28.0 Å². The number of aromatic nitrogens is 5. The van der Waals surface area contributed by atoms with E-state index < -0.39 is 12.1 Å². The molecule has 0 atom stereocenters. The normalized spacial score (nSPS) is 15.9. The fraction of sp³-hybridized carbons (Fsp3) is 0.318. The van der Waals surface area contributed by atoms with E-state index in [1.165, 1.54) is 12.4 Å². The highest BCUT2D eigenvalue weighted by Crippen LogP contribution is 2.36. The third-order valence-electron chi connectivity index (χ3n) is 5.72. The highest BCUT2D eigenvalue weighted by Gasteiger charge is 2.34. The largest absolute Gasteiger partial charge is 0.307 e. The summed E-state index contributed by atoms with van der Waals surface area (Å²) in [7, 11) is 0. The summed E-state index contributed by atoms with van der Waals surface area (Å²) in [5.41, 5.74) is 1.69. The van der Waals surface area contributed by atoms with Crippen LogP contribution in [-0.4, -0.2) is 29.8 Å². The van der Waals surface area contributed by atoms with Crippen LogP contribution < -0.4 is 0 Å². The first-order valence-corrected chi connectivity index (χ1v) is 10.4. The maximum atomic E-state index is 14.9. The number of halogens is 4. The number of fused-ring (bicyclic) bond motifs is 1. The summed E-state index contributed by atoms with van der Waals surface area (Å²) < 4.78 is 44.0. The molecule has 0 spiro atoms. The molecule has 31 heavy (non-hydrogen) atoms. The van der Waals surface area contributed by atoms with Crippen LogP contribution in [0.5, 0.6) is 0 Å². The first-order valence-electron chi connectivity index (χ1n) is 10.0. The molecule has 0 bridgehead atoms. The number of alkyl halides is 3. The Morgan fingerprint density at radius 1 is 1.10 bits per heavy atom. The van der Waals surface area contributed by atoms with Crippen molar-refractivity contribution in [1.82, 2.24) is 24.1 Å². The van der Waals surface area contributed by atoms with Crippen molar-refractivity contribution in [3.63, 3.8) is 0 Å². The van der Waals surface area contributed by atoms with Crippen molar-refractivity contribution in [3.8, 4) is 22.4 Å². The van der Waals surface area contributed by atoms with E-state index in [1.54, 1.807) is 45.9 Å². The number of pyridine rings is 2. The van der Waals surface area contributed by atoms with E-state index >= 15 is 0 Å². The van der Waals surface area contributed by atoms with Crippen molar-refractivity contribution in [2.75, 3.05) is 0 Å². The van der Waals surface area contributed by atoms with Crippen molar-refractivity contribution < 1.29 is 13.2 Å². The standard InChI is InChI=1S/C22H19ClF3N5/c23-16-8-17(15-9-28-31(11-15)13-22(26)4-1-2-5-22)20(27-10-16)14-3-6-30-12-18(21(24)25)29-19(30)7-14/h3,6-12,21H,1-2,4-5,13H2. The average molecular weight is 446 g/mol. The van der Waals surface area contributed by atoms with Gasteiger partial charge in [0.05, 0.1) is 23.5 Å². The van der Waals surface area contributed by atoms with Crippen molar-refractivity contribution in [1.29, 1.82) is 0 Å². The van der Waals surface area contributed by atoms with E-state index in [0.29, 0.717) is 34.8 Å². The van der Waals surface area contributed by atoms with Gasteiger partial charge in [0.2, 0.25) is 0 Å². The van der Waals surface area contributed by atoms with Crippen molar-refractivity contribution in [2.45, 2.75) is 44.3 Å². The van der Waals surface area contributed by atoms with Crippen LogP contribution in [0.15, 0.2) is 49.2 Å². The molecule has 5 rings (SSSR count). The highest BCUT2D eigenvalue weighted by molar-refractivity contribution is 6.30. The number of nitrogens with zero attached hydrogens (tertiary/aromatic N) is 5. The fourth-order valence-corrected chi connectivity index (χ4v) is 4.35. The number of imidazole rings is 1. The third kappa shape index (κ3) is 3.92. The van der Waals surface area contributed by atoms with Gasteiger partial charge in [-0.25, -0.2) is 18.2 Å². The van der Waals surface area contributed by atoms with Gasteiger partial charge in [0.25, 0.3) is 6.43 Å². The Balaban J connectivity index is 1.53. The lowest BCUT2D eigenvalue weighted by Crippen LogP contribution is -2.25. The van der Waals surface area contributed by atoms with Crippen LogP contribution in [0.2, 0.25) is 5.02 Å². The van der Waals surface area contributed by atoms with Crippen LogP contribution in [0.1, 0.15) is 37.8 Å². The predicted molar refractivity (Wildman–Crippen MR) is 112 cm³/mol. The minimum absolute atomic E-state index is 0.215. The first-order chi connectivity index (χ1) is 14.9. The van der Waals surface area contributed by atoms with E-state index in [4.69, 9.17) is 11.6 Å². The Bertz CT molecular complexity index is 1240. The molecule has 4 aromatic heterocycles. The quantitative estimate of drug-likeness (QED) is 0.371. The van der Waals surface area contributed by atoms with Gasteiger partial charge in [-0.15, -0.1) is 0 Å². The highest BCUT2D eigenvalue weighted by atomic mass is 35.5. The maximum absolute atomic E-state index is 14.9. The second-order valence-electron chi connectivity index (χ2n) is 7.98. The zero-order valence-corrected chi connectivity index (χ0v) is 17.2. The van der Waals surface area contributed by atoms with Gasteiger partial charge in [-0.1, -0.05) is 24.4 Å². The summed E-state index contributed by atoms with van der Waals surface area (Å²) in [6.45, 7) is 0.215. The number of hydrogen-bond acceptors (Lipinski definition) is 3. The summed E-state index contributed by atoms with van der Waals surface area (Å²) in [4.78, 5) is 8.46.